The number of amides is 1. The highest BCUT2D eigenvalue weighted by Crippen LogP contribution is 2.26. The van der Waals surface area contributed by atoms with Gasteiger partial charge in [0.2, 0.25) is 15.9 Å². The smallest absolute Gasteiger partial charge is 0.239 e. The van der Waals surface area contributed by atoms with E-state index in [0.29, 0.717) is 13.0 Å². The van der Waals surface area contributed by atoms with Crippen molar-refractivity contribution < 1.29 is 13.2 Å². The number of carbonyl (C=O) groups is 1. The Labute approximate surface area is 124 Å². The minimum atomic E-state index is -3.15. The second-order valence-electron chi connectivity index (χ2n) is 5.58. The zero-order chi connectivity index (χ0) is 14.7. The molecule has 0 aliphatic carbocycles. The van der Waals surface area contributed by atoms with Crippen LogP contribution in [0.2, 0.25) is 0 Å². The molecule has 1 aliphatic heterocycles. The molecule has 0 saturated carbocycles. The molecule has 112 valence electrons. The zero-order valence-corrected chi connectivity index (χ0v) is 14.2. The van der Waals surface area contributed by atoms with Crippen molar-refractivity contribution in [3.63, 3.8) is 0 Å². The third kappa shape index (κ3) is 5.79. The van der Waals surface area contributed by atoms with Gasteiger partial charge in [-0.3, -0.25) is 4.79 Å². The maximum absolute atomic E-state index is 12.3. The first kappa shape index (κ1) is 16.9. The summed E-state index contributed by atoms with van der Waals surface area (Å²) in [5.41, 5.74) is 0. The molecule has 1 rings (SSSR count). The van der Waals surface area contributed by atoms with E-state index in [1.165, 1.54) is 0 Å². The molecule has 0 aromatic rings. The van der Waals surface area contributed by atoms with Crippen molar-refractivity contribution in [1.82, 2.24) is 9.62 Å². The van der Waals surface area contributed by atoms with Gasteiger partial charge in [-0.2, -0.15) is 0 Å². The quantitative estimate of drug-likeness (QED) is 0.760. The lowest BCUT2D eigenvalue weighted by Gasteiger charge is -2.38. The van der Waals surface area contributed by atoms with Gasteiger partial charge >= 0.3 is 0 Å². The number of halogens is 1. The fourth-order valence-corrected chi connectivity index (χ4v) is 3.04. The molecule has 5 nitrogen and oxygen atoms in total. The van der Waals surface area contributed by atoms with Crippen LogP contribution in [0.1, 0.15) is 39.5 Å². The van der Waals surface area contributed by atoms with Gasteiger partial charge in [-0.05, 0) is 39.5 Å². The number of rotatable bonds is 5. The predicted molar refractivity (Wildman–Crippen MR) is 79.8 cm³/mol. The minimum Gasteiger partial charge on any atom is -0.338 e. The number of hydrogen-bond donors (Lipinski definition) is 1. The number of alkyl halides is 1. The molecule has 0 spiro atoms. The number of nitrogens with one attached hydrogen (secondary N) is 1. The lowest BCUT2D eigenvalue weighted by molar-refractivity contribution is -0.136. The maximum Gasteiger partial charge on any atom is 0.239 e. The number of sulfonamides is 1. The van der Waals surface area contributed by atoms with Crippen LogP contribution in [0.15, 0.2) is 0 Å². The lowest BCUT2D eigenvalue weighted by Crippen LogP contribution is -2.50. The third-order valence-electron chi connectivity index (χ3n) is 3.24. The van der Waals surface area contributed by atoms with Gasteiger partial charge in [-0.25, -0.2) is 13.1 Å². The van der Waals surface area contributed by atoms with Gasteiger partial charge in [-0.15, -0.1) is 0 Å². The highest BCUT2D eigenvalue weighted by atomic mass is 79.9. The Hall–Kier alpha value is -0.140. The summed E-state index contributed by atoms with van der Waals surface area (Å²) in [6, 6.07) is 0.132. The van der Waals surface area contributed by atoms with E-state index in [-0.39, 0.29) is 11.9 Å². The van der Waals surface area contributed by atoms with Gasteiger partial charge in [0.1, 0.15) is 0 Å². The topological polar surface area (TPSA) is 66.5 Å². The molecule has 1 heterocycles. The molecule has 0 aromatic heterocycles. The molecular weight excluding hydrogens is 332 g/mol. The molecule has 1 amide bonds. The molecule has 1 fully saturated rings. The van der Waals surface area contributed by atoms with E-state index in [1.807, 2.05) is 18.7 Å². The molecule has 0 radical (unpaired) electrons. The van der Waals surface area contributed by atoms with E-state index >= 15 is 0 Å². The Morgan fingerprint density at radius 2 is 2.05 bits per heavy atom. The second-order valence-corrected chi connectivity index (χ2v) is 9.39. The van der Waals surface area contributed by atoms with Crippen molar-refractivity contribution in [3.8, 4) is 0 Å². The van der Waals surface area contributed by atoms with Crippen molar-refractivity contribution in [2.45, 2.75) is 49.9 Å². The van der Waals surface area contributed by atoms with Crippen LogP contribution in [0.4, 0.5) is 0 Å². The predicted octanol–water partition coefficient (Wildman–Crippen LogP) is 1.48. The van der Waals surface area contributed by atoms with E-state index in [1.54, 1.807) is 0 Å². The molecule has 1 aliphatic rings. The van der Waals surface area contributed by atoms with Crippen LogP contribution in [0.25, 0.3) is 0 Å². The summed E-state index contributed by atoms with van der Waals surface area (Å²) in [6.07, 6.45) is 4.88. The van der Waals surface area contributed by atoms with Crippen LogP contribution in [-0.4, -0.2) is 48.9 Å². The largest absolute Gasteiger partial charge is 0.338 e. The molecule has 1 saturated heterocycles. The lowest BCUT2D eigenvalue weighted by atomic mass is 9.97. The number of carbonyl (C=O) groups excluding carboxylic acids is 1. The minimum absolute atomic E-state index is 0.0801. The standard InChI is InChI=1S/C12H23BrN2O3S/c1-12(2,13)11(16)15-9-5-4-6-10(15)7-8-14-19(3,17)18/h10,14H,4-9H2,1-3H3. The van der Waals surface area contributed by atoms with Crippen molar-refractivity contribution in [2.75, 3.05) is 19.3 Å². The van der Waals surface area contributed by atoms with Crippen LogP contribution >= 0.6 is 15.9 Å². The summed E-state index contributed by atoms with van der Waals surface area (Å²) in [5, 5.41) is 0. The first-order valence-corrected chi connectivity index (χ1v) is 9.24. The molecule has 0 aromatic carbocycles. The summed E-state index contributed by atoms with van der Waals surface area (Å²) in [4.78, 5) is 14.2. The van der Waals surface area contributed by atoms with Gasteiger partial charge in [-0.1, -0.05) is 15.9 Å². The van der Waals surface area contributed by atoms with Crippen LogP contribution in [0, 0.1) is 0 Å². The fourth-order valence-electron chi connectivity index (χ4n) is 2.32. The molecule has 1 atom stereocenters. The van der Waals surface area contributed by atoms with Crippen molar-refractivity contribution in [1.29, 1.82) is 0 Å². The Bertz CT molecular complexity index is 417. The summed E-state index contributed by atoms with van der Waals surface area (Å²) < 4.78 is 24.0. The Morgan fingerprint density at radius 1 is 1.42 bits per heavy atom. The molecule has 1 unspecified atom stereocenters. The fraction of sp³-hybridized carbons (Fsp3) is 0.917. The van der Waals surface area contributed by atoms with Crippen LogP contribution in [0.5, 0.6) is 0 Å². The average molecular weight is 355 g/mol. The summed E-state index contributed by atoms with van der Waals surface area (Å²) in [6.45, 7) is 4.83. The average Bonchev–Trinajstić information content (AvgIpc) is 2.26. The van der Waals surface area contributed by atoms with Crippen molar-refractivity contribution in [2.24, 2.45) is 0 Å². The third-order valence-corrected chi connectivity index (χ3v) is 4.31. The molecule has 1 N–H and O–H groups in total. The van der Waals surface area contributed by atoms with E-state index in [9.17, 15) is 13.2 Å². The van der Waals surface area contributed by atoms with Gasteiger partial charge in [0, 0.05) is 19.1 Å². The Morgan fingerprint density at radius 3 is 2.58 bits per heavy atom. The number of likely N-dealkylation sites (tertiary alicyclic amines) is 1. The summed E-state index contributed by atoms with van der Waals surface area (Å²) >= 11 is 3.40. The van der Waals surface area contributed by atoms with Crippen LogP contribution < -0.4 is 4.72 Å². The monoisotopic (exact) mass is 354 g/mol. The number of piperidine rings is 1. The maximum atomic E-state index is 12.3. The van der Waals surface area contributed by atoms with Crippen molar-refractivity contribution in [3.05, 3.63) is 0 Å². The Balaban J connectivity index is 2.60. The number of hydrogen-bond acceptors (Lipinski definition) is 3. The zero-order valence-electron chi connectivity index (χ0n) is 11.8. The molecule has 19 heavy (non-hydrogen) atoms. The SMILES string of the molecule is CC(C)(Br)C(=O)N1CCCCC1CCNS(C)(=O)=O. The Kier molecular flexibility index (Phi) is 5.82. The van der Waals surface area contributed by atoms with Gasteiger partial charge in [0.05, 0.1) is 10.6 Å². The van der Waals surface area contributed by atoms with Gasteiger partial charge in [0.15, 0.2) is 0 Å². The van der Waals surface area contributed by atoms with Gasteiger partial charge in [0.25, 0.3) is 0 Å². The molecular formula is C12H23BrN2O3S. The first-order chi connectivity index (χ1) is 8.61. The number of nitrogens with zero attached hydrogens (tertiary/aromatic N) is 1. The summed E-state index contributed by atoms with van der Waals surface area (Å²) in [7, 11) is -3.15. The highest BCUT2D eigenvalue weighted by Gasteiger charge is 2.34. The van der Waals surface area contributed by atoms with E-state index in [2.05, 4.69) is 20.7 Å². The van der Waals surface area contributed by atoms with Crippen molar-refractivity contribution >= 4 is 31.9 Å². The van der Waals surface area contributed by atoms with E-state index < -0.39 is 14.3 Å². The second kappa shape index (κ2) is 6.54. The normalized spacial score (nSPS) is 21.5. The molecule has 0 bridgehead atoms. The first-order valence-electron chi connectivity index (χ1n) is 6.56. The van der Waals surface area contributed by atoms with Gasteiger partial charge < -0.3 is 4.90 Å². The van der Waals surface area contributed by atoms with Crippen LogP contribution in [-0.2, 0) is 14.8 Å². The highest BCUT2D eigenvalue weighted by molar-refractivity contribution is 9.10. The summed E-state index contributed by atoms with van der Waals surface area (Å²) in [5.74, 6) is 0.0801. The van der Waals surface area contributed by atoms with Crippen LogP contribution in [0.3, 0.4) is 0 Å². The van der Waals surface area contributed by atoms with E-state index in [0.717, 1.165) is 32.1 Å². The molecule has 7 heteroatoms. The van der Waals surface area contributed by atoms with E-state index in [4.69, 9.17) is 0 Å².